The Morgan fingerprint density at radius 3 is 2.65 bits per heavy atom. The lowest BCUT2D eigenvalue weighted by molar-refractivity contribution is -0.136. The molecule has 0 spiro atoms. The summed E-state index contributed by atoms with van der Waals surface area (Å²) in [6.07, 6.45) is 3.48. The highest BCUT2D eigenvalue weighted by molar-refractivity contribution is 6.28. The SMILES string of the molecule is O=C1CCC(N2C(=O)c3ccc(CN(c4ncnc(Cl)n4)C4CCCNC4)cc3C2=O)C(=O)N1. The summed E-state index contributed by atoms with van der Waals surface area (Å²) in [5.41, 5.74) is 1.27. The van der Waals surface area contributed by atoms with Gasteiger partial charge in [-0.1, -0.05) is 6.07 Å². The van der Waals surface area contributed by atoms with Crippen LogP contribution in [-0.2, 0) is 16.1 Å². The number of anilines is 1. The average Bonchev–Trinajstić information content (AvgIpc) is 3.08. The zero-order valence-electron chi connectivity index (χ0n) is 18.2. The minimum Gasteiger partial charge on any atom is -0.332 e. The number of hydrogen-bond donors (Lipinski definition) is 2. The molecule has 11 nitrogen and oxygen atoms in total. The fraction of sp³-hybridized carbons (Fsp3) is 0.409. The molecule has 0 aliphatic carbocycles. The molecule has 2 unspecified atom stereocenters. The van der Waals surface area contributed by atoms with E-state index in [9.17, 15) is 19.2 Å². The maximum Gasteiger partial charge on any atom is 0.262 e. The van der Waals surface area contributed by atoms with Crippen molar-refractivity contribution in [3.05, 3.63) is 46.5 Å². The molecule has 34 heavy (non-hydrogen) atoms. The minimum atomic E-state index is -0.995. The van der Waals surface area contributed by atoms with Crippen molar-refractivity contribution < 1.29 is 19.2 Å². The van der Waals surface area contributed by atoms with Crippen LogP contribution in [0.15, 0.2) is 24.5 Å². The minimum absolute atomic E-state index is 0.0773. The van der Waals surface area contributed by atoms with Crippen LogP contribution in [0.1, 0.15) is 52.0 Å². The second-order valence-electron chi connectivity index (χ2n) is 8.51. The molecule has 0 saturated carbocycles. The highest BCUT2D eigenvalue weighted by atomic mass is 35.5. The Balaban J connectivity index is 1.42. The monoisotopic (exact) mass is 483 g/mol. The van der Waals surface area contributed by atoms with Crippen LogP contribution in [-0.4, -0.2) is 68.7 Å². The van der Waals surface area contributed by atoms with Crippen LogP contribution < -0.4 is 15.5 Å². The zero-order valence-corrected chi connectivity index (χ0v) is 18.9. The Labute approximate surface area is 199 Å². The maximum atomic E-state index is 13.2. The number of nitrogens with one attached hydrogen (secondary N) is 2. The first kappa shape index (κ1) is 22.4. The Bertz CT molecular complexity index is 1180. The lowest BCUT2D eigenvalue weighted by atomic mass is 10.0. The second kappa shape index (κ2) is 9.07. The maximum absolute atomic E-state index is 13.2. The van der Waals surface area contributed by atoms with E-state index in [4.69, 9.17) is 11.6 Å². The van der Waals surface area contributed by atoms with Gasteiger partial charge < -0.3 is 10.2 Å². The largest absolute Gasteiger partial charge is 0.332 e. The molecule has 3 aliphatic rings. The zero-order chi connectivity index (χ0) is 23.8. The van der Waals surface area contributed by atoms with Crippen molar-refractivity contribution >= 4 is 41.2 Å². The molecule has 2 N–H and O–H groups in total. The number of carbonyl (C=O) groups excluding carboxylic acids is 4. The summed E-state index contributed by atoms with van der Waals surface area (Å²) in [5.74, 6) is -1.67. The molecule has 4 heterocycles. The summed E-state index contributed by atoms with van der Waals surface area (Å²) < 4.78 is 0. The van der Waals surface area contributed by atoms with E-state index in [0.717, 1.165) is 36.4 Å². The Morgan fingerprint density at radius 2 is 1.91 bits per heavy atom. The fourth-order valence-corrected chi connectivity index (χ4v) is 4.80. The molecule has 1 aromatic carbocycles. The molecule has 3 aliphatic heterocycles. The lowest BCUT2D eigenvalue weighted by Crippen LogP contribution is -2.54. The van der Waals surface area contributed by atoms with E-state index in [2.05, 4.69) is 25.6 Å². The van der Waals surface area contributed by atoms with E-state index in [-0.39, 0.29) is 35.3 Å². The quantitative estimate of drug-likeness (QED) is 0.588. The molecule has 0 radical (unpaired) electrons. The average molecular weight is 484 g/mol. The van der Waals surface area contributed by atoms with Crippen molar-refractivity contribution in [2.75, 3.05) is 18.0 Å². The number of fused-ring (bicyclic) bond motifs is 1. The summed E-state index contributed by atoms with van der Waals surface area (Å²) in [6.45, 7) is 2.07. The third-order valence-electron chi connectivity index (χ3n) is 6.36. The van der Waals surface area contributed by atoms with Crippen molar-refractivity contribution in [3.63, 3.8) is 0 Å². The Kier molecular flexibility index (Phi) is 5.96. The number of nitrogens with zero attached hydrogens (tertiary/aromatic N) is 5. The summed E-state index contributed by atoms with van der Waals surface area (Å²) in [5, 5.41) is 5.67. The predicted octanol–water partition coefficient (Wildman–Crippen LogP) is 0.685. The molecule has 5 rings (SSSR count). The van der Waals surface area contributed by atoms with Crippen LogP contribution in [0.4, 0.5) is 5.95 Å². The number of benzene rings is 1. The van der Waals surface area contributed by atoms with E-state index < -0.39 is 29.7 Å². The first-order chi connectivity index (χ1) is 16.4. The summed E-state index contributed by atoms with van der Waals surface area (Å²) in [4.78, 5) is 65.3. The van der Waals surface area contributed by atoms with Gasteiger partial charge in [0.05, 0.1) is 11.1 Å². The standard InChI is InChI=1S/C22H22ClN7O4/c23-21-25-11-26-22(28-21)29(13-2-1-7-24-9-13)10-12-3-4-14-15(8-12)20(34)30(19(14)33)16-5-6-17(31)27-18(16)32/h3-4,8,11,13,16,24H,1-2,5-7,9-10H2,(H,27,31,32). The van der Waals surface area contributed by atoms with Crippen LogP contribution in [0.2, 0.25) is 5.28 Å². The van der Waals surface area contributed by atoms with Gasteiger partial charge in [-0.2, -0.15) is 4.98 Å². The summed E-state index contributed by atoms with van der Waals surface area (Å²) in [6, 6.07) is 4.18. The number of aromatic nitrogens is 3. The van der Waals surface area contributed by atoms with Gasteiger partial charge in [0.15, 0.2) is 0 Å². The molecular weight excluding hydrogens is 462 g/mol. The topological polar surface area (TPSA) is 137 Å². The van der Waals surface area contributed by atoms with E-state index in [1.807, 2.05) is 4.90 Å². The van der Waals surface area contributed by atoms with Gasteiger partial charge in [0.2, 0.25) is 23.0 Å². The predicted molar refractivity (Wildman–Crippen MR) is 120 cm³/mol. The van der Waals surface area contributed by atoms with Gasteiger partial charge >= 0.3 is 0 Å². The third-order valence-corrected chi connectivity index (χ3v) is 6.54. The molecule has 1 aromatic heterocycles. The van der Waals surface area contributed by atoms with Gasteiger partial charge in [0.25, 0.3) is 11.8 Å². The van der Waals surface area contributed by atoms with Gasteiger partial charge in [-0.25, -0.2) is 9.97 Å². The highest BCUT2D eigenvalue weighted by Crippen LogP contribution is 2.29. The molecule has 2 aromatic rings. The number of rotatable bonds is 5. The number of halogens is 1. The van der Waals surface area contributed by atoms with Gasteiger partial charge in [0.1, 0.15) is 12.4 Å². The first-order valence-electron chi connectivity index (χ1n) is 11.1. The molecule has 0 bridgehead atoms. The number of imide groups is 2. The highest BCUT2D eigenvalue weighted by Gasteiger charge is 2.44. The third kappa shape index (κ3) is 4.12. The smallest absolute Gasteiger partial charge is 0.262 e. The molecule has 12 heteroatoms. The molecular formula is C22H22ClN7O4. The van der Waals surface area contributed by atoms with Gasteiger partial charge in [-0.3, -0.25) is 29.4 Å². The van der Waals surface area contributed by atoms with Crippen molar-refractivity contribution in [2.24, 2.45) is 0 Å². The Hall–Kier alpha value is -3.44. The van der Waals surface area contributed by atoms with Crippen LogP contribution in [0.25, 0.3) is 0 Å². The first-order valence-corrected chi connectivity index (χ1v) is 11.5. The van der Waals surface area contributed by atoms with Crippen LogP contribution >= 0.6 is 11.6 Å². The Morgan fingerprint density at radius 1 is 1.09 bits per heavy atom. The van der Waals surface area contributed by atoms with E-state index in [1.54, 1.807) is 18.2 Å². The van der Waals surface area contributed by atoms with Crippen LogP contribution in [0.3, 0.4) is 0 Å². The second-order valence-corrected chi connectivity index (χ2v) is 8.85. The summed E-state index contributed by atoms with van der Waals surface area (Å²) in [7, 11) is 0. The normalized spacial score (nSPS) is 22.6. The number of amides is 4. The van der Waals surface area contributed by atoms with E-state index >= 15 is 0 Å². The van der Waals surface area contributed by atoms with Crippen LogP contribution in [0, 0.1) is 0 Å². The number of piperidine rings is 2. The van der Waals surface area contributed by atoms with Crippen molar-refractivity contribution in [1.29, 1.82) is 0 Å². The van der Waals surface area contributed by atoms with Gasteiger partial charge in [-0.15, -0.1) is 0 Å². The van der Waals surface area contributed by atoms with E-state index in [0.29, 0.717) is 12.5 Å². The van der Waals surface area contributed by atoms with Crippen molar-refractivity contribution in [3.8, 4) is 0 Å². The molecule has 2 saturated heterocycles. The molecule has 176 valence electrons. The van der Waals surface area contributed by atoms with E-state index in [1.165, 1.54) is 6.33 Å². The lowest BCUT2D eigenvalue weighted by Gasteiger charge is -2.34. The number of hydrogen-bond acceptors (Lipinski definition) is 9. The molecule has 2 fully saturated rings. The van der Waals surface area contributed by atoms with Gasteiger partial charge in [-0.05, 0) is 55.1 Å². The van der Waals surface area contributed by atoms with Crippen molar-refractivity contribution in [1.82, 2.24) is 30.5 Å². The molecule has 4 amide bonds. The van der Waals surface area contributed by atoms with Gasteiger partial charge in [0, 0.05) is 25.6 Å². The van der Waals surface area contributed by atoms with Crippen LogP contribution in [0.5, 0.6) is 0 Å². The fourth-order valence-electron chi connectivity index (χ4n) is 4.68. The number of carbonyl (C=O) groups is 4. The van der Waals surface area contributed by atoms with Crippen molar-refractivity contribution in [2.45, 2.75) is 44.3 Å². The summed E-state index contributed by atoms with van der Waals surface area (Å²) >= 11 is 6.01. The molecule has 2 atom stereocenters.